The zero-order valence-corrected chi connectivity index (χ0v) is 9.39. The molecule has 1 fully saturated rings. The highest BCUT2D eigenvalue weighted by atomic mass is 16.3. The largest absolute Gasteiger partial charge is 0.505 e. The van der Waals surface area contributed by atoms with Crippen LogP contribution in [0.25, 0.3) is 0 Å². The summed E-state index contributed by atoms with van der Waals surface area (Å²) in [4.78, 5) is 17.6. The van der Waals surface area contributed by atoms with Gasteiger partial charge < -0.3 is 10.0 Å². The quantitative estimate of drug-likeness (QED) is 0.783. The van der Waals surface area contributed by atoms with E-state index in [4.69, 9.17) is 0 Å². The molecule has 1 aliphatic rings. The molecule has 1 saturated heterocycles. The van der Waals surface area contributed by atoms with E-state index in [1.165, 1.54) is 12.4 Å². The average Bonchev–Trinajstić information content (AvgIpc) is 2.30. The molecule has 1 aromatic heterocycles. The van der Waals surface area contributed by atoms with Gasteiger partial charge in [-0.2, -0.15) is 0 Å². The summed E-state index contributed by atoms with van der Waals surface area (Å²) in [6.07, 6.45) is 4.91. The van der Waals surface area contributed by atoms with Gasteiger partial charge in [0, 0.05) is 19.3 Å². The molecule has 0 atom stereocenters. The van der Waals surface area contributed by atoms with Crippen LogP contribution in [0.2, 0.25) is 0 Å². The number of pyridine rings is 1. The number of carbonyl (C=O) groups is 1. The Morgan fingerprint density at radius 1 is 1.50 bits per heavy atom. The number of hydrogen-bond acceptors (Lipinski definition) is 3. The third kappa shape index (κ3) is 2.15. The van der Waals surface area contributed by atoms with Crippen LogP contribution in [0.3, 0.4) is 0 Å². The number of nitrogens with zero attached hydrogens (tertiary/aromatic N) is 2. The molecule has 0 bridgehead atoms. The minimum absolute atomic E-state index is 0.0360. The number of rotatable bonds is 1. The Bertz CT molecular complexity index is 384. The number of aromatic nitrogens is 1. The number of likely N-dealkylation sites (tertiary alicyclic amines) is 1. The topological polar surface area (TPSA) is 53.4 Å². The van der Waals surface area contributed by atoms with Gasteiger partial charge in [0.25, 0.3) is 5.91 Å². The van der Waals surface area contributed by atoms with Gasteiger partial charge >= 0.3 is 0 Å². The minimum Gasteiger partial charge on any atom is -0.505 e. The van der Waals surface area contributed by atoms with Crippen LogP contribution in [0, 0.1) is 5.92 Å². The summed E-state index contributed by atoms with van der Waals surface area (Å²) >= 11 is 0. The molecule has 0 saturated carbocycles. The Morgan fingerprint density at radius 3 is 2.81 bits per heavy atom. The number of hydrogen-bond donors (Lipinski definition) is 1. The van der Waals surface area contributed by atoms with Crippen molar-refractivity contribution in [1.82, 2.24) is 9.88 Å². The fourth-order valence-corrected chi connectivity index (χ4v) is 1.95. The highest BCUT2D eigenvalue weighted by molar-refractivity contribution is 5.96. The van der Waals surface area contributed by atoms with E-state index in [0.717, 1.165) is 25.9 Å². The van der Waals surface area contributed by atoms with Crippen molar-refractivity contribution in [1.29, 1.82) is 0 Å². The molecule has 86 valence electrons. The molecule has 1 amide bonds. The zero-order chi connectivity index (χ0) is 11.5. The lowest BCUT2D eigenvalue weighted by molar-refractivity contribution is 0.0694. The van der Waals surface area contributed by atoms with Crippen LogP contribution in [0.5, 0.6) is 5.75 Å². The molecule has 4 heteroatoms. The van der Waals surface area contributed by atoms with Gasteiger partial charge in [0.15, 0.2) is 0 Å². The smallest absolute Gasteiger partial charge is 0.257 e. The van der Waals surface area contributed by atoms with Crippen molar-refractivity contribution in [2.24, 2.45) is 5.92 Å². The number of carbonyl (C=O) groups excluding carboxylic acids is 1. The molecule has 0 aromatic carbocycles. The van der Waals surface area contributed by atoms with Crippen molar-refractivity contribution in [2.45, 2.75) is 19.8 Å². The molecule has 16 heavy (non-hydrogen) atoms. The fourth-order valence-electron chi connectivity index (χ4n) is 1.95. The van der Waals surface area contributed by atoms with E-state index in [1.807, 2.05) is 0 Å². The number of aromatic hydroxyl groups is 1. The van der Waals surface area contributed by atoms with E-state index in [0.29, 0.717) is 11.5 Å². The molecular formula is C12H16N2O2. The standard InChI is InChI=1S/C12H16N2O2/c1-9-3-6-14(7-4-9)12(16)10-2-5-13-8-11(10)15/h2,5,8-9,15H,3-4,6-7H2,1H3. The molecule has 0 radical (unpaired) electrons. The van der Waals surface area contributed by atoms with E-state index in [-0.39, 0.29) is 11.7 Å². The lowest BCUT2D eigenvalue weighted by atomic mass is 9.98. The minimum atomic E-state index is -0.0909. The van der Waals surface area contributed by atoms with Crippen LogP contribution in [-0.2, 0) is 0 Å². The molecule has 0 spiro atoms. The summed E-state index contributed by atoms with van der Waals surface area (Å²) in [5, 5.41) is 9.55. The van der Waals surface area contributed by atoms with Crippen LogP contribution < -0.4 is 0 Å². The van der Waals surface area contributed by atoms with Crippen molar-refractivity contribution in [3.05, 3.63) is 24.0 Å². The Hall–Kier alpha value is -1.58. The molecule has 4 nitrogen and oxygen atoms in total. The van der Waals surface area contributed by atoms with Crippen LogP contribution >= 0.6 is 0 Å². The summed E-state index contributed by atoms with van der Waals surface area (Å²) < 4.78 is 0. The summed E-state index contributed by atoms with van der Waals surface area (Å²) in [5.41, 5.74) is 0.351. The second-order valence-corrected chi connectivity index (χ2v) is 4.37. The Balaban J connectivity index is 2.11. The SMILES string of the molecule is CC1CCN(C(=O)c2ccncc2O)CC1. The first-order valence-corrected chi connectivity index (χ1v) is 5.60. The first-order chi connectivity index (χ1) is 7.68. The molecule has 2 rings (SSSR count). The van der Waals surface area contributed by atoms with Crippen LogP contribution in [0.4, 0.5) is 0 Å². The Labute approximate surface area is 94.9 Å². The maximum absolute atomic E-state index is 12.1. The average molecular weight is 220 g/mol. The van der Waals surface area contributed by atoms with Crippen LogP contribution in [0.15, 0.2) is 18.5 Å². The van der Waals surface area contributed by atoms with Gasteiger partial charge in [0.05, 0.1) is 11.8 Å². The fraction of sp³-hybridized carbons (Fsp3) is 0.500. The van der Waals surface area contributed by atoms with Crippen molar-refractivity contribution in [2.75, 3.05) is 13.1 Å². The summed E-state index contributed by atoms with van der Waals surface area (Å²) in [7, 11) is 0. The third-order valence-electron chi connectivity index (χ3n) is 3.10. The lowest BCUT2D eigenvalue weighted by Crippen LogP contribution is -2.37. The van der Waals surface area contributed by atoms with E-state index >= 15 is 0 Å². The van der Waals surface area contributed by atoms with Gasteiger partial charge in [-0.1, -0.05) is 6.92 Å². The molecule has 1 aromatic rings. The van der Waals surface area contributed by atoms with E-state index in [9.17, 15) is 9.90 Å². The maximum atomic E-state index is 12.1. The maximum Gasteiger partial charge on any atom is 0.257 e. The summed E-state index contributed by atoms with van der Waals surface area (Å²) in [5.74, 6) is 0.563. The van der Waals surface area contributed by atoms with Crippen molar-refractivity contribution < 1.29 is 9.90 Å². The first-order valence-electron chi connectivity index (χ1n) is 5.60. The van der Waals surface area contributed by atoms with Gasteiger partial charge in [-0.05, 0) is 24.8 Å². The Morgan fingerprint density at radius 2 is 2.19 bits per heavy atom. The van der Waals surface area contributed by atoms with E-state index in [2.05, 4.69) is 11.9 Å². The van der Waals surface area contributed by atoms with Gasteiger partial charge in [-0.25, -0.2) is 0 Å². The second-order valence-electron chi connectivity index (χ2n) is 4.37. The van der Waals surface area contributed by atoms with E-state index < -0.39 is 0 Å². The predicted molar refractivity (Wildman–Crippen MR) is 60.2 cm³/mol. The normalized spacial score (nSPS) is 17.4. The van der Waals surface area contributed by atoms with Crippen LogP contribution in [0.1, 0.15) is 30.1 Å². The predicted octanol–water partition coefficient (Wildman–Crippen LogP) is 1.66. The van der Waals surface area contributed by atoms with Crippen molar-refractivity contribution >= 4 is 5.91 Å². The monoisotopic (exact) mass is 220 g/mol. The van der Waals surface area contributed by atoms with Gasteiger partial charge in [-0.3, -0.25) is 9.78 Å². The third-order valence-corrected chi connectivity index (χ3v) is 3.10. The second kappa shape index (κ2) is 4.51. The Kier molecular flexibility index (Phi) is 3.08. The molecular weight excluding hydrogens is 204 g/mol. The molecule has 1 aliphatic heterocycles. The number of amides is 1. The highest BCUT2D eigenvalue weighted by Gasteiger charge is 2.22. The molecule has 1 N–H and O–H groups in total. The van der Waals surface area contributed by atoms with Crippen LogP contribution in [-0.4, -0.2) is 34.0 Å². The van der Waals surface area contributed by atoms with Gasteiger partial charge in [0.1, 0.15) is 5.75 Å². The van der Waals surface area contributed by atoms with Gasteiger partial charge in [-0.15, -0.1) is 0 Å². The summed E-state index contributed by atoms with van der Waals surface area (Å²) in [6.45, 7) is 3.76. The molecule has 0 unspecified atom stereocenters. The van der Waals surface area contributed by atoms with E-state index in [1.54, 1.807) is 11.0 Å². The number of piperidine rings is 1. The molecule has 0 aliphatic carbocycles. The molecule has 2 heterocycles. The zero-order valence-electron chi connectivity index (χ0n) is 9.39. The van der Waals surface area contributed by atoms with Crippen molar-refractivity contribution in [3.63, 3.8) is 0 Å². The lowest BCUT2D eigenvalue weighted by Gasteiger charge is -2.30. The van der Waals surface area contributed by atoms with Gasteiger partial charge in [0.2, 0.25) is 0 Å². The highest BCUT2D eigenvalue weighted by Crippen LogP contribution is 2.21. The van der Waals surface area contributed by atoms with Crippen molar-refractivity contribution in [3.8, 4) is 5.75 Å². The first kappa shape index (κ1) is 10.9. The summed E-state index contributed by atoms with van der Waals surface area (Å²) in [6, 6.07) is 1.57.